The third-order valence-electron chi connectivity index (χ3n) is 13.0. The molecule has 3 atom stereocenters. The Balaban J connectivity index is 5.36. The fourth-order valence-corrected chi connectivity index (χ4v) is 9.13. The van der Waals surface area contributed by atoms with Crippen LogP contribution in [0.25, 0.3) is 0 Å². The van der Waals surface area contributed by atoms with Crippen molar-refractivity contribution in [1.29, 1.82) is 0 Å². The van der Waals surface area contributed by atoms with E-state index in [1.165, 1.54) is 154 Å². The number of phosphoric ester groups is 1. The van der Waals surface area contributed by atoms with Crippen LogP contribution in [0.4, 0.5) is 0 Å². The molecule has 9 nitrogen and oxygen atoms in total. The molecule has 0 aromatic rings. The summed E-state index contributed by atoms with van der Waals surface area (Å²) in [7, 11) is 1.17. The van der Waals surface area contributed by atoms with Crippen LogP contribution in [0.1, 0.15) is 271 Å². The first-order chi connectivity index (χ1) is 33.9. The standard InChI is InChI=1S/C60H113N2O7P/c1-7-10-13-16-19-22-25-28-30-31-33-34-37-40-43-46-49-52-59(63)61-57(56-68-70(65,66)67-55-54-62(4,5)6)58(51-48-45-42-39-36-27-24-21-18-15-12-9-3)69-60(64)53-50-47-44-41-38-35-32-29-26-23-20-17-14-11-8-2/h19,22,28,30,33-34,48,51,57-58H,7-18,20-21,23-27,29,31-32,35-47,49-50,52-56H2,1-6H3,(H-,61,63,65,66)/b22-19-,30-28-,34-33-,51-48+. The highest BCUT2D eigenvalue weighted by atomic mass is 31.2. The van der Waals surface area contributed by atoms with E-state index in [-0.39, 0.29) is 24.9 Å². The summed E-state index contributed by atoms with van der Waals surface area (Å²) in [4.78, 5) is 39.9. The highest BCUT2D eigenvalue weighted by Gasteiger charge is 2.27. The van der Waals surface area contributed by atoms with Gasteiger partial charge in [0.2, 0.25) is 5.91 Å². The number of rotatable bonds is 53. The molecule has 0 bridgehead atoms. The highest BCUT2D eigenvalue weighted by molar-refractivity contribution is 7.45. The van der Waals surface area contributed by atoms with E-state index >= 15 is 0 Å². The zero-order valence-electron chi connectivity index (χ0n) is 46.7. The molecule has 0 aromatic carbocycles. The molecule has 1 N–H and O–H groups in total. The minimum atomic E-state index is -4.70. The number of carbonyl (C=O) groups is 2. The number of nitrogens with one attached hydrogen (secondary N) is 1. The van der Waals surface area contributed by atoms with Crippen LogP contribution in [0.15, 0.2) is 48.6 Å². The van der Waals surface area contributed by atoms with Crippen LogP contribution in [-0.4, -0.2) is 69.4 Å². The van der Waals surface area contributed by atoms with Crippen molar-refractivity contribution in [1.82, 2.24) is 5.32 Å². The van der Waals surface area contributed by atoms with E-state index in [4.69, 9.17) is 13.8 Å². The lowest BCUT2D eigenvalue weighted by Gasteiger charge is -2.30. The molecular formula is C60H113N2O7P. The number of carbonyl (C=O) groups excluding carboxylic acids is 2. The maximum Gasteiger partial charge on any atom is 0.306 e. The van der Waals surface area contributed by atoms with E-state index in [1.807, 2.05) is 33.3 Å². The Morgan fingerprint density at radius 1 is 0.500 bits per heavy atom. The van der Waals surface area contributed by atoms with Crippen molar-refractivity contribution < 1.29 is 37.3 Å². The number of likely N-dealkylation sites (N-methyl/N-ethyl adjacent to an activating group) is 1. The van der Waals surface area contributed by atoms with Crippen LogP contribution < -0.4 is 10.2 Å². The van der Waals surface area contributed by atoms with Crippen LogP contribution in [0.2, 0.25) is 0 Å². The van der Waals surface area contributed by atoms with E-state index in [2.05, 4.69) is 62.5 Å². The monoisotopic (exact) mass is 1000 g/mol. The van der Waals surface area contributed by atoms with Gasteiger partial charge in [-0.1, -0.05) is 237 Å². The molecule has 0 aliphatic heterocycles. The molecule has 70 heavy (non-hydrogen) atoms. The fraction of sp³-hybridized carbons (Fsp3) is 0.833. The SMILES string of the molecule is CCCCC/C=C\C/C=C\C/C=C\CCCCCCC(=O)NC(COP(=O)([O-])OCC[N+](C)(C)C)C(/C=C/CCCCCCCCCCCC)OC(=O)CCCCCCCCCCCCCCCCC. The van der Waals surface area contributed by atoms with Crippen molar-refractivity contribution in [2.24, 2.45) is 0 Å². The molecular weight excluding hydrogens is 892 g/mol. The summed E-state index contributed by atoms with van der Waals surface area (Å²) in [6.07, 6.45) is 60.7. The van der Waals surface area contributed by atoms with E-state index in [9.17, 15) is 19.0 Å². The lowest BCUT2D eigenvalue weighted by atomic mass is 10.0. The number of hydrogen-bond donors (Lipinski definition) is 1. The van der Waals surface area contributed by atoms with Gasteiger partial charge >= 0.3 is 5.97 Å². The van der Waals surface area contributed by atoms with Gasteiger partial charge in [-0.2, -0.15) is 0 Å². The molecule has 0 heterocycles. The molecule has 0 spiro atoms. The molecule has 0 radical (unpaired) electrons. The quantitative estimate of drug-likeness (QED) is 0.0212. The van der Waals surface area contributed by atoms with E-state index in [0.717, 1.165) is 77.0 Å². The van der Waals surface area contributed by atoms with Crippen molar-refractivity contribution in [2.75, 3.05) is 40.9 Å². The molecule has 0 rings (SSSR count). The first-order valence-corrected chi connectivity index (χ1v) is 30.9. The molecule has 1 amide bonds. The second kappa shape index (κ2) is 50.5. The Kier molecular flexibility index (Phi) is 49.0. The van der Waals surface area contributed by atoms with Crippen LogP contribution in [0.3, 0.4) is 0 Å². The lowest BCUT2D eigenvalue weighted by Crippen LogP contribution is -2.47. The Bertz CT molecular complexity index is 1340. The number of hydrogen-bond acceptors (Lipinski definition) is 7. The second-order valence-electron chi connectivity index (χ2n) is 21.2. The van der Waals surface area contributed by atoms with Gasteiger partial charge in [0.1, 0.15) is 19.3 Å². The number of allylic oxidation sites excluding steroid dienone is 7. The van der Waals surface area contributed by atoms with Gasteiger partial charge in [0.15, 0.2) is 0 Å². The van der Waals surface area contributed by atoms with Crippen molar-refractivity contribution in [3.63, 3.8) is 0 Å². The number of phosphoric acid groups is 1. The molecule has 0 fully saturated rings. The van der Waals surface area contributed by atoms with Crippen LogP contribution in [0, 0.1) is 0 Å². The zero-order chi connectivity index (χ0) is 51.5. The molecule has 10 heteroatoms. The normalized spacial score (nSPS) is 14.1. The lowest BCUT2D eigenvalue weighted by molar-refractivity contribution is -0.870. The Labute approximate surface area is 433 Å². The summed E-state index contributed by atoms with van der Waals surface area (Å²) in [5.74, 6) is -0.559. The van der Waals surface area contributed by atoms with Gasteiger partial charge in [0.25, 0.3) is 7.82 Å². The maximum absolute atomic E-state index is 13.5. The smallest absolute Gasteiger partial charge is 0.306 e. The van der Waals surface area contributed by atoms with Gasteiger partial charge in [-0.05, 0) is 70.3 Å². The van der Waals surface area contributed by atoms with E-state index < -0.39 is 26.6 Å². The summed E-state index contributed by atoms with van der Waals surface area (Å²) in [6.45, 7) is 6.81. The summed E-state index contributed by atoms with van der Waals surface area (Å²) in [5, 5.41) is 3.01. The molecule has 410 valence electrons. The Hall–Kier alpha value is -2.03. The fourth-order valence-electron chi connectivity index (χ4n) is 8.41. The third-order valence-corrected chi connectivity index (χ3v) is 14.0. The highest BCUT2D eigenvalue weighted by Crippen LogP contribution is 2.38. The van der Waals surface area contributed by atoms with E-state index in [0.29, 0.717) is 23.9 Å². The van der Waals surface area contributed by atoms with Gasteiger partial charge in [-0.3, -0.25) is 14.2 Å². The molecule has 0 saturated carbocycles. The molecule has 0 saturated heterocycles. The topological polar surface area (TPSA) is 114 Å². The third kappa shape index (κ3) is 50.9. The average Bonchev–Trinajstić information content (AvgIpc) is 3.32. The van der Waals surface area contributed by atoms with Crippen LogP contribution >= 0.6 is 7.82 Å². The van der Waals surface area contributed by atoms with Crippen LogP contribution in [-0.2, 0) is 27.9 Å². The summed E-state index contributed by atoms with van der Waals surface area (Å²) < 4.78 is 30.2. The number of amides is 1. The Morgan fingerprint density at radius 2 is 0.871 bits per heavy atom. The molecule has 3 unspecified atom stereocenters. The Morgan fingerprint density at radius 3 is 1.33 bits per heavy atom. The second-order valence-corrected chi connectivity index (χ2v) is 22.6. The van der Waals surface area contributed by atoms with Gasteiger partial charge in [-0.25, -0.2) is 0 Å². The summed E-state index contributed by atoms with van der Waals surface area (Å²) >= 11 is 0. The summed E-state index contributed by atoms with van der Waals surface area (Å²) in [5.41, 5.74) is 0. The van der Waals surface area contributed by atoms with Crippen molar-refractivity contribution >= 4 is 19.7 Å². The number of ether oxygens (including phenoxy) is 1. The van der Waals surface area contributed by atoms with Gasteiger partial charge < -0.3 is 28.5 Å². The van der Waals surface area contributed by atoms with E-state index in [1.54, 1.807) is 0 Å². The first-order valence-electron chi connectivity index (χ1n) is 29.4. The zero-order valence-corrected chi connectivity index (χ0v) is 47.6. The first kappa shape index (κ1) is 68.0. The minimum Gasteiger partial charge on any atom is -0.756 e. The predicted molar refractivity (Wildman–Crippen MR) is 298 cm³/mol. The predicted octanol–water partition coefficient (Wildman–Crippen LogP) is 17.1. The number of quaternary nitrogens is 1. The number of esters is 1. The van der Waals surface area contributed by atoms with Gasteiger partial charge in [0.05, 0.1) is 33.8 Å². The average molecular weight is 1010 g/mol. The number of nitrogens with zero attached hydrogens (tertiary/aromatic N) is 1. The van der Waals surface area contributed by atoms with Crippen molar-refractivity contribution in [3.8, 4) is 0 Å². The van der Waals surface area contributed by atoms with Crippen molar-refractivity contribution in [3.05, 3.63) is 48.6 Å². The molecule has 0 aliphatic rings. The molecule has 0 aliphatic carbocycles. The van der Waals surface area contributed by atoms with Crippen LogP contribution in [0.5, 0.6) is 0 Å². The van der Waals surface area contributed by atoms with Crippen molar-refractivity contribution in [2.45, 2.75) is 283 Å². The van der Waals surface area contributed by atoms with Gasteiger partial charge in [-0.15, -0.1) is 0 Å². The largest absolute Gasteiger partial charge is 0.756 e. The summed E-state index contributed by atoms with van der Waals surface area (Å²) in [6, 6.07) is -0.897. The molecule has 0 aromatic heterocycles. The van der Waals surface area contributed by atoms with Gasteiger partial charge in [0, 0.05) is 12.8 Å². The maximum atomic E-state index is 13.5. The number of unbranched alkanes of at least 4 members (excludes halogenated alkanes) is 31. The minimum absolute atomic E-state index is 0.0261.